The molecule has 0 aromatic heterocycles. The number of benzene rings is 2. The first-order valence-electron chi connectivity index (χ1n) is 7.34. The van der Waals surface area contributed by atoms with Crippen molar-refractivity contribution in [3.8, 4) is 11.5 Å². The Morgan fingerprint density at radius 1 is 0.909 bits per heavy atom. The SMILES string of the molecule is CC(C)C[C@H](N)P(=O)(Oc1ccccc1)Oc1ccccc1. The quantitative estimate of drug-likeness (QED) is 0.753. The van der Waals surface area contributed by atoms with Crippen LogP contribution in [-0.4, -0.2) is 5.78 Å². The van der Waals surface area contributed by atoms with Gasteiger partial charge in [-0.25, -0.2) is 4.57 Å². The lowest BCUT2D eigenvalue weighted by molar-refractivity contribution is 0.361. The maximum atomic E-state index is 13.2. The topological polar surface area (TPSA) is 61.6 Å². The largest absolute Gasteiger partial charge is 0.447 e. The van der Waals surface area contributed by atoms with Gasteiger partial charge in [-0.15, -0.1) is 0 Å². The highest BCUT2D eigenvalue weighted by Gasteiger charge is 2.37. The van der Waals surface area contributed by atoms with Crippen LogP contribution in [-0.2, 0) is 4.57 Å². The third kappa shape index (κ3) is 4.62. The van der Waals surface area contributed by atoms with Crippen LogP contribution < -0.4 is 14.8 Å². The van der Waals surface area contributed by atoms with Crippen molar-refractivity contribution >= 4 is 7.60 Å². The minimum atomic E-state index is -3.53. The summed E-state index contributed by atoms with van der Waals surface area (Å²) in [4.78, 5) is 0. The molecular weight excluding hydrogens is 297 g/mol. The van der Waals surface area contributed by atoms with Gasteiger partial charge in [0.15, 0.2) is 0 Å². The number of para-hydroxylation sites is 2. The van der Waals surface area contributed by atoms with Crippen LogP contribution in [0, 0.1) is 5.92 Å². The number of nitrogens with two attached hydrogens (primary N) is 1. The lowest BCUT2D eigenvalue weighted by atomic mass is 10.1. The number of hydrogen-bond donors (Lipinski definition) is 1. The van der Waals surface area contributed by atoms with E-state index in [4.69, 9.17) is 14.8 Å². The minimum Gasteiger partial charge on any atom is -0.415 e. The Balaban J connectivity index is 2.25. The molecule has 118 valence electrons. The number of rotatable bonds is 7. The molecule has 5 heteroatoms. The molecular formula is C17H22NO3P. The van der Waals surface area contributed by atoms with Gasteiger partial charge in [0.1, 0.15) is 17.3 Å². The molecule has 0 fully saturated rings. The van der Waals surface area contributed by atoms with E-state index >= 15 is 0 Å². The van der Waals surface area contributed by atoms with E-state index in [2.05, 4.69) is 0 Å². The zero-order valence-corrected chi connectivity index (χ0v) is 13.8. The minimum absolute atomic E-state index is 0.294. The standard InChI is InChI=1S/C17H22NO3P/c1-14(2)13-17(18)22(19,20-15-9-5-3-6-10-15)21-16-11-7-4-8-12-16/h3-12,14,17H,13,18H2,1-2H3/t17-/m1/s1. The van der Waals surface area contributed by atoms with Gasteiger partial charge in [-0.3, -0.25) is 0 Å². The van der Waals surface area contributed by atoms with Crippen molar-refractivity contribution in [3.63, 3.8) is 0 Å². The van der Waals surface area contributed by atoms with Crippen molar-refractivity contribution in [1.29, 1.82) is 0 Å². The average molecular weight is 319 g/mol. The predicted octanol–water partition coefficient (Wildman–Crippen LogP) is 4.67. The van der Waals surface area contributed by atoms with Gasteiger partial charge in [0.05, 0.1) is 0 Å². The van der Waals surface area contributed by atoms with E-state index in [0.29, 0.717) is 23.8 Å². The van der Waals surface area contributed by atoms with Crippen LogP contribution in [0.1, 0.15) is 20.3 Å². The summed E-state index contributed by atoms with van der Waals surface area (Å²) in [6, 6.07) is 17.9. The summed E-state index contributed by atoms with van der Waals surface area (Å²) in [5.74, 6) is 0.580. The molecule has 0 bridgehead atoms. The maximum Gasteiger partial charge on any atom is 0.447 e. The fourth-order valence-corrected chi connectivity index (χ4v) is 3.84. The van der Waals surface area contributed by atoms with Crippen molar-refractivity contribution < 1.29 is 13.6 Å². The molecule has 2 rings (SSSR count). The monoisotopic (exact) mass is 319 g/mol. The van der Waals surface area contributed by atoms with Crippen LogP contribution in [0.2, 0.25) is 0 Å². The molecule has 0 spiro atoms. The molecule has 0 heterocycles. The molecule has 0 aliphatic heterocycles. The summed E-state index contributed by atoms with van der Waals surface area (Å²) in [7, 11) is -3.53. The van der Waals surface area contributed by atoms with E-state index in [-0.39, 0.29) is 0 Å². The molecule has 0 unspecified atom stereocenters. The third-order valence-corrected chi connectivity index (χ3v) is 5.02. The highest BCUT2D eigenvalue weighted by Crippen LogP contribution is 2.52. The molecule has 0 aliphatic rings. The Hall–Kier alpha value is -1.77. The number of hydrogen-bond acceptors (Lipinski definition) is 4. The van der Waals surface area contributed by atoms with Gasteiger partial charge in [0.25, 0.3) is 0 Å². The molecule has 0 aliphatic carbocycles. The summed E-state index contributed by atoms with van der Waals surface area (Å²) in [5, 5.41) is 0. The molecule has 2 aromatic carbocycles. The summed E-state index contributed by atoms with van der Waals surface area (Å²) in [5.41, 5.74) is 6.14. The fourth-order valence-electron chi connectivity index (χ4n) is 2.02. The first kappa shape index (κ1) is 16.6. The van der Waals surface area contributed by atoms with E-state index in [0.717, 1.165) is 0 Å². The van der Waals surface area contributed by atoms with E-state index in [1.165, 1.54) is 0 Å². The molecule has 0 amide bonds. The molecule has 0 radical (unpaired) electrons. The van der Waals surface area contributed by atoms with Crippen LogP contribution in [0.15, 0.2) is 60.7 Å². The second kappa shape index (κ2) is 7.48. The van der Waals surface area contributed by atoms with Crippen molar-refractivity contribution in [3.05, 3.63) is 60.7 Å². The summed E-state index contributed by atoms with van der Waals surface area (Å²) in [6.07, 6.45) is 0.553. The lowest BCUT2D eigenvalue weighted by Gasteiger charge is -2.26. The first-order chi connectivity index (χ1) is 10.5. The van der Waals surface area contributed by atoms with Crippen molar-refractivity contribution in [2.75, 3.05) is 0 Å². The Morgan fingerprint density at radius 2 is 1.32 bits per heavy atom. The van der Waals surface area contributed by atoms with Crippen LogP contribution >= 0.6 is 7.60 Å². The van der Waals surface area contributed by atoms with Gasteiger partial charge in [0, 0.05) is 0 Å². The molecule has 0 saturated carbocycles. The van der Waals surface area contributed by atoms with Crippen molar-refractivity contribution in [1.82, 2.24) is 0 Å². The average Bonchev–Trinajstić information content (AvgIpc) is 2.48. The van der Waals surface area contributed by atoms with E-state index in [1.54, 1.807) is 24.3 Å². The first-order valence-corrected chi connectivity index (χ1v) is 8.95. The van der Waals surface area contributed by atoms with Gasteiger partial charge in [-0.1, -0.05) is 50.2 Å². The maximum absolute atomic E-state index is 13.2. The van der Waals surface area contributed by atoms with E-state index in [1.807, 2.05) is 50.2 Å². The fraction of sp³-hybridized carbons (Fsp3) is 0.294. The second-order valence-corrected chi connectivity index (χ2v) is 7.65. The molecule has 4 nitrogen and oxygen atoms in total. The molecule has 22 heavy (non-hydrogen) atoms. The summed E-state index contributed by atoms with van der Waals surface area (Å²) in [6.45, 7) is 4.05. The van der Waals surface area contributed by atoms with Gasteiger partial charge >= 0.3 is 7.60 Å². The smallest absolute Gasteiger partial charge is 0.415 e. The predicted molar refractivity (Wildman–Crippen MR) is 89.2 cm³/mol. The Labute approximate surface area is 131 Å². The van der Waals surface area contributed by atoms with Crippen LogP contribution in [0.4, 0.5) is 0 Å². The highest BCUT2D eigenvalue weighted by atomic mass is 31.2. The van der Waals surface area contributed by atoms with Crippen molar-refractivity contribution in [2.24, 2.45) is 11.7 Å². The van der Waals surface area contributed by atoms with Crippen LogP contribution in [0.3, 0.4) is 0 Å². The Morgan fingerprint density at radius 3 is 1.68 bits per heavy atom. The lowest BCUT2D eigenvalue weighted by Crippen LogP contribution is -2.27. The Bertz CT molecular complexity index is 571. The normalized spacial score (nSPS) is 12.9. The van der Waals surface area contributed by atoms with Crippen LogP contribution in [0.25, 0.3) is 0 Å². The summed E-state index contributed by atoms with van der Waals surface area (Å²) < 4.78 is 24.6. The highest BCUT2D eigenvalue weighted by molar-refractivity contribution is 7.55. The molecule has 0 saturated heterocycles. The zero-order chi connectivity index (χ0) is 16.0. The van der Waals surface area contributed by atoms with E-state index < -0.39 is 13.4 Å². The summed E-state index contributed by atoms with van der Waals surface area (Å²) >= 11 is 0. The van der Waals surface area contributed by atoms with E-state index in [9.17, 15) is 4.57 Å². The van der Waals surface area contributed by atoms with Gasteiger partial charge in [0.2, 0.25) is 0 Å². The molecule has 2 N–H and O–H groups in total. The zero-order valence-electron chi connectivity index (χ0n) is 12.9. The van der Waals surface area contributed by atoms with Crippen molar-refractivity contribution in [2.45, 2.75) is 26.1 Å². The third-order valence-electron chi connectivity index (χ3n) is 3.07. The Kier molecular flexibility index (Phi) is 5.64. The van der Waals surface area contributed by atoms with Gasteiger partial charge in [-0.05, 0) is 36.6 Å². The second-order valence-electron chi connectivity index (χ2n) is 5.55. The van der Waals surface area contributed by atoms with Gasteiger partial charge < -0.3 is 14.8 Å². The van der Waals surface area contributed by atoms with Gasteiger partial charge in [-0.2, -0.15) is 0 Å². The molecule has 1 atom stereocenters. The van der Waals surface area contributed by atoms with Crippen LogP contribution in [0.5, 0.6) is 11.5 Å². The molecule has 2 aromatic rings.